The molecule has 1 amide bonds. The number of ether oxygens (including phenoxy) is 3. The number of nitrogens with one attached hydrogen (secondary N) is 1. The van der Waals surface area contributed by atoms with E-state index in [-0.39, 0.29) is 19.2 Å². The van der Waals surface area contributed by atoms with E-state index in [9.17, 15) is 9.59 Å². The van der Waals surface area contributed by atoms with Gasteiger partial charge in [0.2, 0.25) is 6.79 Å². The number of aryl methyl sites for hydroxylation is 2. The molecular weight excluding hydrogens is 378 g/mol. The Labute approximate surface area is 165 Å². The van der Waals surface area contributed by atoms with E-state index in [0.29, 0.717) is 17.3 Å². The van der Waals surface area contributed by atoms with Crippen LogP contribution < -0.4 is 14.8 Å². The summed E-state index contributed by atoms with van der Waals surface area (Å²) in [6, 6.07) is 7.21. The summed E-state index contributed by atoms with van der Waals surface area (Å²) in [6.07, 6.45) is -1.01. The molecule has 1 aliphatic heterocycles. The number of hydrogen-bond acceptors (Lipinski definition) is 8. The van der Waals surface area contributed by atoms with E-state index < -0.39 is 18.0 Å². The second kappa shape index (κ2) is 7.38. The molecule has 1 N–H and O–H groups in total. The van der Waals surface area contributed by atoms with Crippen molar-refractivity contribution in [1.29, 1.82) is 0 Å². The first-order valence-corrected chi connectivity index (χ1v) is 8.99. The largest absolute Gasteiger partial charge is 0.454 e. The maximum atomic E-state index is 12.3. The van der Waals surface area contributed by atoms with Crippen LogP contribution in [0.5, 0.6) is 11.5 Å². The minimum absolute atomic E-state index is 0.151. The highest BCUT2D eigenvalue weighted by Gasteiger charge is 2.23. The van der Waals surface area contributed by atoms with E-state index in [1.54, 1.807) is 12.1 Å². The lowest BCUT2D eigenvalue weighted by Crippen LogP contribution is -2.35. The van der Waals surface area contributed by atoms with Crippen LogP contribution in [0.25, 0.3) is 5.78 Å². The van der Waals surface area contributed by atoms with Gasteiger partial charge >= 0.3 is 5.97 Å². The third-order valence-corrected chi connectivity index (χ3v) is 4.36. The summed E-state index contributed by atoms with van der Waals surface area (Å²) < 4.78 is 17.2. The molecule has 1 aliphatic rings. The van der Waals surface area contributed by atoms with Gasteiger partial charge < -0.3 is 19.5 Å². The predicted octanol–water partition coefficient (Wildman–Crippen LogP) is 1.33. The van der Waals surface area contributed by atoms with Crippen molar-refractivity contribution < 1.29 is 23.8 Å². The molecule has 29 heavy (non-hydrogen) atoms. The number of carbonyl (C=O) groups is 2. The fourth-order valence-corrected chi connectivity index (χ4v) is 2.90. The zero-order valence-electron chi connectivity index (χ0n) is 16.1. The number of amides is 1. The summed E-state index contributed by atoms with van der Waals surface area (Å²) in [4.78, 5) is 32.9. The highest BCUT2D eigenvalue weighted by molar-refractivity contribution is 5.89. The Morgan fingerprint density at radius 1 is 1.21 bits per heavy atom. The van der Waals surface area contributed by atoms with Crippen molar-refractivity contribution in [3.63, 3.8) is 0 Å². The summed E-state index contributed by atoms with van der Waals surface area (Å²) in [5.74, 6) is 0.217. The van der Waals surface area contributed by atoms with Gasteiger partial charge in [0.15, 0.2) is 17.6 Å². The molecule has 1 aromatic carbocycles. The molecule has 0 unspecified atom stereocenters. The Bertz CT molecular complexity index is 1110. The molecule has 150 valence electrons. The van der Waals surface area contributed by atoms with E-state index in [1.807, 2.05) is 26.0 Å². The number of fused-ring (bicyclic) bond motifs is 2. The molecule has 0 saturated carbocycles. The van der Waals surface area contributed by atoms with Crippen LogP contribution in [-0.4, -0.2) is 44.4 Å². The van der Waals surface area contributed by atoms with Gasteiger partial charge in [-0.25, -0.2) is 14.3 Å². The molecule has 0 bridgehead atoms. The lowest BCUT2D eigenvalue weighted by atomic mass is 10.2. The van der Waals surface area contributed by atoms with Crippen molar-refractivity contribution in [3.8, 4) is 11.5 Å². The highest BCUT2D eigenvalue weighted by atomic mass is 16.7. The Kier molecular flexibility index (Phi) is 4.75. The van der Waals surface area contributed by atoms with Gasteiger partial charge in [0, 0.05) is 17.9 Å². The molecule has 0 saturated heterocycles. The summed E-state index contributed by atoms with van der Waals surface area (Å²) in [6.45, 7) is 5.58. The number of aromatic nitrogens is 4. The van der Waals surface area contributed by atoms with Crippen LogP contribution in [0.4, 0.5) is 0 Å². The minimum Gasteiger partial charge on any atom is -0.454 e. The fourth-order valence-electron chi connectivity index (χ4n) is 2.90. The van der Waals surface area contributed by atoms with E-state index in [4.69, 9.17) is 14.2 Å². The molecule has 10 heteroatoms. The average molecular weight is 397 g/mol. The Balaban J connectivity index is 1.37. The van der Waals surface area contributed by atoms with E-state index >= 15 is 0 Å². The van der Waals surface area contributed by atoms with Crippen LogP contribution in [0.3, 0.4) is 0 Å². The van der Waals surface area contributed by atoms with Gasteiger partial charge in [0.05, 0.1) is 0 Å². The minimum atomic E-state index is -1.01. The van der Waals surface area contributed by atoms with Gasteiger partial charge in [-0.2, -0.15) is 4.98 Å². The summed E-state index contributed by atoms with van der Waals surface area (Å²) in [5, 5.41) is 6.82. The first-order chi connectivity index (χ1) is 13.9. The average Bonchev–Trinajstić information content (AvgIpc) is 3.32. The van der Waals surface area contributed by atoms with E-state index in [1.165, 1.54) is 11.4 Å². The molecule has 0 fully saturated rings. The van der Waals surface area contributed by atoms with Crippen LogP contribution in [0.15, 0.2) is 24.3 Å². The zero-order chi connectivity index (χ0) is 20.5. The van der Waals surface area contributed by atoms with Crippen LogP contribution in [0, 0.1) is 13.8 Å². The molecule has 1 atom stereocenters. The third-order valence-electron chi connectivity index (χ3n) is 4.36. The molecule has 0 spiro atoms. The van der Waals surface area contributed by atoms with Crippen LogP contribution in [0.2, 0.25) is 0 Å². The van der Waals surface area contributed by atoms with Crippen molar-refractivity contribution >= 4 is 17.7 Å². The second-order valence-electron chi connectivity index (χ2n) is 6.64. The van der Waals surface area contributed by atoms with E-state index in [2.05, 4.69) is 20.4 Å². The molecular formula is C19H19N5O5. The first kappa shape index (κ1) is 18.7. The molecule has 3 heterocycles. The first-order valence-electron chi connectivity index (χ1n) is 8.99. The van der Waals surface area contributed by atoms with Crippen LogP contribution in [-0.2, 0) is 16.1 Å². The van der Waals surface area contributed by atoms with Crippen LogP contribution >= 0.6 is 0 Å². The topological polar surface area (TPSA) is 117 Å². The Morgan fingerprint density at radius 2 is 2.00 bits per heavy atom. The smallest absolute Gasteiger partial charge is 0.379 e. The number of nitrogens with zero attached hydrogens (tertiary/aromatic N) is 4. The van der Waals surface area contributed by atoms with Crippen molar-refractivity contribution in [2.75, 3.05) is 6.79 Å². The van der Waals surface area contributed by atoms with Gasteiger partial charge in [-0.15, -0.1) is 5.10 Å². The molecule has 3 aromatic rings. The lowest BCUT2D eigenvalue weighted by molar-refractivity contribution is -0.129. The van der Waals surface area contributed by atoms with Crippen molar-refractivity contribution in [3.05, 3.63) is 47.0 Å². The van der Waals surface area contributed by atoms with Gasteiger partial charge in [-0.05, 0) is 44.5 Å². The number of hydrogen-bond donors (Lipinski definition) is 1. The van der Waals surface area contributed by atoms with Gasteiger partial charge in [-0.3, -0.25) is 4.79 Å². The third kappa shape index (κ3) is 3.82. The van der Waals surface area contributed by atoms with Gasteiger partial charge in [0.1, 0.15) is 0 Å². The molecule has 10 nitrogen and oxygen atoms in total. The molecule has 2 aromatic heterocycles. The van der Waals surface area contributed by atoms with Crippen LogP contribution in [0.1, 0.15) is 34.5 Å². The predicted molar refractivity (Wildman–Crippen MR) is 99.5 cm³/mol. The normalized spacial score (nSPS) is 13.3. The fraction of sp³-hybridized carbons (Fsp3) is 0.316. The lowest BCUT2D eigenvalue weighted by Gasteiger charge is -2.12. The number of carbonyl (C=O) groups excluding carboxylic acids is 2. The summed E-state index contributed by atoms with van der Waals surface area (Å²) in [7, 11) is 0. The Hall–Kier alpha value is -3.69. The van der Waals surface area contributed by atoms with Gasteiger partial charge in [0.25, 0.3) is 17.5 Å². The molecule has 0 radical (unpaired) electrons. The maximum absolute atomic E-state index is 12.3. The number of benzene rings is 1. The number of esters is 1. The molecule has 0 aliphatic carbocycles. The monoisotopic (exact) mass is 397 g/mol. The van der Waals surface area contributed by atoms with Crippen molar-refractivity contribution in [1.82, 2.24) is 24.9 Å². The Morgan fingerprint density at radius 3 is 2.83 bits per heavy atom. The standard InChI is InChI=1S/C19H19N5O5/c1-10-6-11(2)24-19(21-10)22-16(23-24)18(26)29-12(3)17(25)20-8-13-4-5-14-15(7-13)28-9-27-14/h4-7,12H,8-9H2,1-3H3,(H,20,25)/t12-/m1/s1. The zero-order valence-corrected chi connectivity index (χ0v) is 16.1. The highest BCUT2D eigenvalue weighted by Crippen LogP contribution is 2.32. The van der Waals surface area contributed by atoms with Crippen molar-refractivity contribution in [2.45, 2.75) is 33.4 Å². The number of rotatable bonds is 5. The van der Waals surface area contributed by atoms with Crippen molar-refractivity contribution in [2.24, 2.45) is 0 Å². The second-order valence-corrected chi connectivity index (χ2v) is 6.64. The summed E-state index contributed by atoms with van der Waals surface area (Å²) >= 11 is 0. The maximum Gasteiger partial charge on any atom is 0.379 e. The molecule has 4 rings (SSSR count). The quantitative estimate of drug-likeness (QED) is 0.641. The van der Waals surface area contributed by atoms with Gasteiger partial charge in [-0.1, -0.05) is 6.07 Å². The van der Waals surface area contributed by atoms with E-state index in [0.717, 1.165) is 17.0 Å². The SMILES string of the molecule is Cc1cc(C)n2nc(C(=O)O[C@H](C)C(=O)NCc3ccc4c(c3)OCO4)nc2n1. The summed E-state index contributed by atoms with van der Waals surface area (Å²) in [5.41, 5.74) is 2.38.